The van der Waals surface area contributed by atoms with E-state index in [9.17, 15) is 0 Å². The fourth-order valence-corrected chi connectivity index (χ4v) is 8.11. The summed E-state index contributed by atoms with van der Waals surface area (Å²) in [5.41, 5.74) is 15.6. The molecule has 0 saturated carbocycles. The van der Waals surface area contributed by atoms with E-state index in [1.165, 1.54) is 60.8 Å². The van der Waals surface area contributed by atoms with Crippen molar-refractivity contribution in [1.29, 1.82) is 0 Å². The molecule has 0 amide bonds. The monoisotopic (exact) mass is 707 g/mol. The Morgan fingerprint density at radius 1 is 0.455 bits per heavy atom. The van der Waals surface area contributed by atoms with Gasteiger partial charge in [-0.3, -0.25) is 0 Å². The molecule has 1 aliphatic carbocycles. The summed E-state index contributed by atoms with van der Waals surface area (Å²) in [6, 6.07) is 56.8. The van der Waals surface area contributed by atoms with Crippen LogP contribution < -0.4 is 0 Å². The van der Waals surface area contributed by atoms with Crippen molar-refractivity contribution in [3.8, 4) is 67.3 Å². The summed E-state index contributed by atoms with van der Waals surface area (Å²) in [6.45, 7) is 8.70. The molecule has 264 valence electrons. The Labute approximate surface area is 323 Å². The largest absolute Gasteiger partial charge is 0.208 e. The van der Waals surface area contributed by atoms with Gasteiger partial charge in [0.25, 0.3) is 0 Å². The Bertz CT molecular complexity index is 2790. The van der Waals surface area contributed by atoms with E-state index in [1.54, 1.807) is 0 Å². The van der Waals surface area contributed by atoms with E-state index < -0.39 is 0 Å². The Morgan fingerprint density at radius 3 is 1.76 bits per heavy atom. The van der Waals surface area contributed by atoms with E-state index in [-0.39, 0.29) is 5.41 Å². The molecule has 7 aromatic carbocycles. The highest BCUT2D eigenvalue weighted by Gasteiger charge is 2.35. The van der Waals surface area contributed by atoms with Crippen LogP contribution >= 0.6 is 0 Å². The van der Waals surface area contributed by atoms with Gasteiger partial charge in [0, 0.05) is 22.1 Å². The first-order chi connectivity index (χ1) is 26.9. The molecule has 0 bridgehead atoms. The molecular weight excluding hydrogens is 667 g/mol. The lowest BCUT2D eigenvalue weighted by Crippen LogP contribution is -2.14. The number of hydrogen-bond acceptors (Lipinski definition) is 3. The number of allylic oxidation sites excluding steroid dienone is 4. The second-order valence-corrected chi connectivity index (χ2v) is 14.7. The highest BCUT2D eigenvalue weighted by Crippen LogP contribution is 2.49. The molecular formula is C52H41N3. The van der Waals surface area contributed by atoms with Crippen molar-refractivity contribution < 1.29 is 0 Å². The van der Waals surface area contributed by atoms with E-state index in [1.807, 2.05) is 62.4 Å². The molecule has 0 N–H and O–H groups in total. The molecule has 0 spiro atoms. The van der Waals surface area contributed by atoms with Gasteiger partial charge in [0.15, 0.2) is 17.5 Å². The standard InChI is InChI=1S/C52H41N3/c1-5-14-34(6-2)49-53-50(36-15-8-7-9-16-36)55-51(54-49)37-25-23-35(24-26-37)43-21-13-19-42-32-40(27-29-44(42)43)38-17-12-18-39(31-38)41-28-30-46-45-20-10-11-22-47(45)52(3,4)48(46)33-41/h5-33H,1-4H3/b14-5-,34-6+. The van der Waals surface area contributed by atoms with Gasteiger partial charge < -0.3 is 0 Å². The van der Waals surface area contributed by atoms with Gasteiger partial charge in [-0.25, -0.2) is 15.0 Å². The van der Waals surface area contributed by atoms with Crippen LogP contribution in [-0.4, -0.2) is 15.0 Å². The average Bonchev–Trinajstić information content (AvgIpc) is 3.48. The zero-order valence-corrected chi connectivity index (χ0v) is 31.6. The highest BCUT2D eigenvalue weighted by molar-refractivity contribution is 5.99. The molecule has 55 heavy (non-hydrogen) atoms. The second-order valence-electron chi connectivity index (χ2n) is 14.7. The van der Waals surface area contributed by atoms with Crippen LogP contribution in [0, 0.1) is 0 Å². The SMILES string of the molecule is C/C=C\C(=C/C)c1nc(-c2ccccc2)nc(-c2ccc(-c3cccc4cc(-c5cccc(-c6ccc7c(c6)C(C)(C)c6ccccc6-7)c5)ccc34)cc2)n1. The highest BCUT2D eigenvalue weighted by atomic mass is 15.0. The first-order valence-electron chi connectivity index (χ1n) is 19.0. The molecule has 1 aromatic heterocycles. The lowest BCUT2D eigenvalue weighted by atomic mass is 9.81. The zero-order valence-electron chi connectivity index (χ0n) is 31.6. The summed E-state index contributed by atoms with van der Waals surface area (Å²) in [5.74, 6) is 1.97. The smallest absolute Gasteiger partial charge is 0.164 e. The van der Waals surface area contributed by atoms with E-state index in [4.69, 9.17) is 15.0 Å². The molecule has 0 atom stereocenters. The van der Waals surface area contributed by atoms with Crippen LogP contribution in [0.4, 0.5) is 0 Å². The maximum Gasteiger partial charge on any atom is 0.164 e. The Kier molecular flexibility index (Phi) is 8.63. The fraction of sp³-hybridized carbons (Fsp3) is 0.0962. The average molecular weight is 708 g/mol. The molecule has 1 heterocycles. The summed E-state index contributed by atoms with van der Waals surface area (Å²) in [7, 11) is 0. The number of rotatable bonds is 7. The molecule has 0 radical (unpaired) electrons. The lowest BCUT2D eigenvalue weighted by Gasteiger charge is -2.22. The number of fused-ring (bicyclic) bond motifs is 4. The summed E-state index contributed by atoms with van der Waals surface area (Å²) in [6.07, 6.45) is 6.08. The van der Waals surface area contributed by atoms with Crippen LogP contribution in [0.5, 0.6) is 0 Å². The maximum atomic E-state index is 4.92. The van der Waals surface area contributed by atoms with Gasteiger partial charge in [-0.1, -0.05) is 172 Å². The third-order valence-electron chi connectivity index (χ3n) is 11.0. The van der Waals surface area contributed by atoms with Gasteiger partial charge in [-0.05, 0) is 98.5 Å². The molecule has 3 heteroatoms. The number of hydrogen-bond donors (Lipinski definition) is 0. The van der Waals surface area contributed by atoms with Crippen molar-refractivity contribution in [2.24, 2.45) is 0 Å². The predicted molar refractivity (Wildman–Crippen MR) is 231 cm³/mol. The summed E-state index contributed by atoms with van der Waals surface area (Å²) >= 11 is 0. The van der Waals surface area contributed by atoms with E-state index in [0.29, 0.717) is 17.5 Å². The van der Waals surface area contributed by atoms with Gasteiger partial charge in [0.1, 0.15) is 0 Å². The minimum atomic E-state index is -0.0273. The van der Waals surface area contributed by atoms with Crippen molar-refractivity contribution in [3.63, 3.8) is 0 Å². The minimum absolute atomic E-state index is 0.0273. The first kappa shape index (κ1) is 34.1. The number of nitrogens with zero attached hydrogens (tertiary/aromatic N) is 3. The quantitative estimate of drug-likeness (QED) is 0.155. The van der Waals surface area contributed by atoms with E-state index in [2.05, 4.69) is 141 Å². The topological polar surface area (TPSA) is 38.7 Å². The fourth-order valence-electron chi connectivity index (χ4n) is 8.11. The van der Waals surface area contributed by atoms with Crippen molar-refractivity contribution in [2.75, 3.05) is 0 Å². The molecule has 1 aliphatic rings. The Morgan fingerprint density at radius 2 is 1.02 bits per heavy atom. The molecule has 0 unspecified atom stereocenters. The van der Waals surface area contributed by atoms with Crippen LogP contribution in [0.1, 0.15) is 44.6 Å². The Balaban J connectivity index is 1.03. The van der Waals surface area contributed by atoms with Gasteiger partial charge in [0.05, 0.1) is 0 Å². The van der Waals surface area contributed by atoms with Crippen molar-refractivity contribution >= 4 is 16.3 Å². The maximum absolute atomic E-state index is 4.92. The normalized spacial score (nSPS) is 13.3. The number of benzene rings is 7. The predicted octanol–water partition coefficient (Wildman–Crippen LogP) is 13.6. The van der Waals surface area contributed by atoms with Crippen molar-refractivity contribution in [2.45, 2.75) is 33.1 Å². The van der Waals surface area contributed by atoms with Gasteiger partial charge in [-0.15, -0.1) is 0 Å². The lowest BCUT2D eigenvalue weighted by molar-refractivity contribution is 0.660. The van der Waals surface area contributed by atoms with Crippen LogP contribution in [0.3, 0.4) is 0 Å². The summed E-state index contributed by atoms with van der Waals surface area (Å²) in [5, 5.41) is 2.42. The van der Waals surface area contributed by atoms with Crippen molar-refractivity contribution in [1.82, 2.24) is 15.0 Å². The molecule has 0 aliphatic heterocycles. The summed E-state index contributed by atoms with van der Waals surface area (Å²) < 4.78 is 0. The molecule has 0 fully saturated rings. The third kappa shape index (κ3) is 6.18. The van der Waals surface area contributed by atoms with E-state index in [0.717, 1.165) is 22.3 Å². The van der Waals surface area contributed by atoms with Crippen LogP contribution in [0.2, 0.25) is 0 Å². The number of aromatic nitrogens is 3. The van der Waals surface area contributed by atoms with Crippen LogP contribution in [0.15, 0.2) is 176 Å². The molecule has 8 aromatic rings. The van der Waals surface area contributed by atoms with Gasteiger partial charge in [0.2, 0.25) is 0 Å². The third-order valence-corrected chi connectivity index (χ3v) is 11.0. The first-order valence-corrected chi connectivity index (χ1v) is 19.0. The van der Waals surface area contributed by atoms with Crippen LogP contribution in [0.25, 0.3) is 83.6 Å². The minimum Gasteiger partial charge on any atom is -0.208 e. The second kappa shape index (κ2) is 13.9. The molecule has 3 nitrogen and oxygen atoms in total. The van der Waals surface area contributed by atoms with Crippen molar-refractivity contribution in [3.05, 3.63) is 193 Å². The van der Waals surface area contributed by atoms with Crippen LogP contribution in [-0.2, 0) is 5.41 Å². The van der Waals surface area contributed by atoms with Gasteiger partial charge in [-0.2, -0.15) is 0 Å². The Hall–Kier alpha value is -6.71. The molecule has 9 rings (SSSR count). The van der Waals surface area contributed by atoms with Gasteiger partial charge >= 0.3 is 0 Å². The summed E-state index contributed by atoms with van der Waals surface area (Å²) in [4.78, 5) is 14.7. The molecule has 0 saturated heterocycles. The zero-order chi connectivity index (χ0) is 37.5. The van der Waals surface area contributed by atoms with E-state index >= 15 is 0 Å².